The molecule has 1 amide bonds. The second kappa shape index (κ2) is 7.66. The molecule has 0 bridgehead atoms. The summed E-state index contributed by atoms with van der Waals surface area (Å²) in [5, 5.41) is 6.46. The fourth-order valence-electron chi connectivity index (χ4n) is 4.06. The second-order valence-electron chi connectivity index (χ2n) is 7.97. The van der Waals surface area contributed by atoms with Crippen molar-refractivity contribution in [2.45, 2.75) is 57.1 Å². The van der Waals surface area contributed by atoms with Crippen LogP contribution in [0.15, 0.2) is 48.5 Å². The Labute approximate surface area is 165 Å². The highest BCUT2D eigenvalue weighted by molar-refractivity contribution is 6.02. The van der Waals surface area contributed by atoms with Gasteiger partial charge >= 0.3 is 5.97 Å². The lowest BCUT2D eigenvalue weighted by Gasteiger charge is -2.33. The molecule has 0 radical (unpaired) electrons. The van der Waals surface area contributed by atoms with Crippen molar-refractivity contribution >= 4 is 23.3 Å². The van der Waals surface area contributed by atoms with E-state index in [1.807, 2.05) is 36.4 Å². The highest BCUT2D eigenvalue weighted by Gasteiger charge is 2.42. The zero-order valence-corrected chi connectivity index (χ0v) is 16.2. The van der Waals surface area contributed by atoms with E-state index in [4.69, 9.17) is 4.74 Å². The maximum absolute atomic E-state index is 12.8. The first kappa shape index (κ1) is 18.5. The number of esters is 1. The molecule has 1 atom stereocenters. The van der Waals surface area contributed by atoms with E-state index < -0.39 is 11.6 Å². The molecule has 2 aromatic rings. The molecule has 5 heteroatoms. The molecule has 5 nitrogen and oxygen atoms in total. The molecule has 2 aromatic carbocycles. The predicted octanol–water partition coefficient (Wildman–Crippen LogP) is 4.54. The summed E-state index contributed by atoms with van der Waals surface area (Å²) in [6.45, 7) is 1.66. The van der Waals surface area contributed by atoms with Gasteiger partial charge in [-0.05, 0) is 55.7 Å². The Morgan fingerprint density at radius 3 is 2.43 bits per heavy atom. The van der Waals surface area contributed by atoms with Crippen molar-refractivity contribution in [1.82, 2.24) is 0 Å². The third-order valence-electron chi connectivity index (χ3n) is 5.68. The molecule has 0 aromatic heterocycles. The van der Waals surface area contributed by atoms with E-state index in [1.165, 1.54) is 32.1 Å². The zero-order chi connectivity index (χ0) is 19.6. The Morgan fingerprint density at radius 2 is 1.68 bits per heavy atom. The van der Waals surface area contributed by atoms with Crippen molar-refractivity contribution in [3.05, 3.63) is 59.7 Å². The second-order valence-corrected chi connectivity index (χ2v) is 7.97. The molecule has 2 N–H and O–H groups in total. The van der Waals surface area contributed by atoms with Crippen LogP contribution in [0, 0.1) is 0 Å². The van der Waals surface area contributed by atoms with Gasteiger partial charge in [-0.15, -0.1) is 0 Å². The summed E-state index contributed by atoms with van der Waals surface area (Å²) in [6.07, 6.45) is 6.69. The molecule has 2 aliphatic rings. The number of hydrogen-bond donors (Lipinski definition) is 2. The fraction of sp³-hybridized carbons (Fsp3) is 0.391. The molecular formula is C23H26N2O3. The molecule has 28 heavy (non-hydrogen) atoms. The summed E-state index contributed by atoms with van der Waals surface area (Å²) in [5.41, 5.74) is 1.91. The van der Waals surface area contributed by atoms with Crippen LogP contribution >= 0.6 is 0 Å². The molecule has 1 aliphatic carbocycles. The Morgan fingerprint density at radius 1 is 1.00 bits per heavy atom. The Kier molecular flexibility index (Phi) is 5.07. The van der Waals surface area contributed by atoms with E-state index >= 15 is 0 Å². The number of amides is 1. The van der Waals surface area contributed by atoms with Gasteiger partial charge < -0.3 is 15.4 Å². The molecule has 0 spiro atoms. The first-order chi connectivity index (χ1) is 13.5. The van der Waals surface area contributed by atoms with Gasteiger partial charge in [-0.3, -0.25) is 4.79 Å². The van der Waals surface area contributed by atoms with E-state index in [9.17, 15) is 9.59 Å². The maximum Gasteiger partial charge on any atom is 0.339 e. The molecule has 1 saturated carbocycles. The predicted molar refractivity (Wildman–Crippen MR) is 110 cm³/mol. The Bertz CT molecular complexity index is 872. The van der Waals surface area contributed by atoms with E-state index in [0.29, 0.717) is 23.7 Å². The molecule has 1 aliphatic heterocycles. The summed E-state index contributed by atoms with van der Waals surface area (Å²) in [5.74, 6) is -0.769. The van der Waals surface area contributed by atoms with Crippen LogP contribution in [0.1, 0.15) is 54.9 Å². The number of nitrogens with one attached hydrogen (secondary N) is 2. The lowest BCUT2D eigenvalue weighted by molar-refractivity contribution is -0.134. The van der Waals surface area contributed by atoms with Crippen LogP contribution in [-0.4, -0.2) is 23.5 Å². The largest absolute Gasteiger partial charge is 0.445 e. The third kappa shape index (κ3) is 3.88. The third-order valence-corrected chi connectivity index (χ3v) is 5.68. The van der Waals surface area contributed by atoms with Crippen molar-refractivity contribution in [2.24, 2.45) is 0 Å². The van der Waals surface area contributed by atoms with Crippen LogP contribution < -0.4 is 10.6 Å². The smallest absolute Gasteiger partial charge is 0.339 e. The van der Waals surface area contributed by atoms with E-state index in [2.05, 4.69) is 10.6 Å². The van der Waals surface area contributed by atoms with Crippen molar-refractivity contribution in [3.8, 4) is 0 Å². The summed E-state index contributed by atoms with van der Waals surface area (Å²) < 4.78 is 5.50. The van der Waals surface area contributed by atoms with Crippen molar-refractivity contribution in [1.29, 1.82) is 0 Å². The molecule has 146 valence electrons. The van der Waals surface area contributed by atoms with Gasteiger partial charge in [0.25, 0.3) is 5.91 Å². The van der Waals surface area contributed by atoms with Gasteiger partial charge in [-0.25, -0.2) is 4.79 Å². The van der Waals surface area contributed by atoms with Crippen molar-refractivity contribution in [3.63, 3.8) is 0 Å². The minimum Gasteiger partial charge on any atom is -0.445 e. The van der Waals surface area contributed by atoms with Gasteiger partial charge in [-0.1, -0.05) is 37.5 Å². The van der Waals surface area contributed by atoms with E-state index in [-0.39, 0.29) is 5.91 Å². The molecule has 1 heterocycles. The summed E-state index contributed by atoms with van der Waals surface area (Å²) >= 11 is 0. The monoisotopic (exact) mass is 378 g/mol. The summed E-state index contributed by atoms with van der Waals surface area (Å²) in [4.78, 5) is 25.1. The molecule has 0 saturated heterocycles. The molecule has 4 rings (SSSR count). The summed E-state index contributed by atoms with van der Waals surface area (Å²) in [6, 6.07) is 15.5. The average Bonchev–Trinajstić information content (AvgIpc) is 2.70. The van der Waals surface area contributed by atoms with Gasteiger partial charge in [-0.2, -0.15) is 0 Å². The number of rotatable bonds is 4. The molecule has 1 unspecified atom stereocenters. The molecule has 1 fully saturated rings. The van der Waals surface area contributed by atoms with Crippen molar-refractivity contribution in [2.75, 3.05) is 10.6 Å². The lowest BCUT2D eigenvalue weighted by Crippen LogP contribution is -2.48. The standard InChI is InChI=1S/C23H26N2O3/c1-23(15-16-7-5-6-10-20(16)21(26)28-23)22(27)25-19-13-11-18(12-14-19)24-17-8-3-2-4-9-17/h5-7,10-14,17,24H,2-4,8-9,15H2,1H3,(H,25,27). The van der Waals surface area contributed by atoms with Crippen LogP contribution in [0.2, 0.25) is 0 Å². The summed E-state index contributed by atoms with van der Waals surface area (Å²) in [7, 11) is 0. The van der Waals surface area contributed by atoms with Gasteiger partial charge in [0, 0.05) is 23.8 Å². The van der Waals surface area contributed by atoms with Crippen LogP contribution in [0.3, 0.4) is 0 Å². The highest BCUT2D eigenvalue weighted by atomic mass is 16.6. The number of cyclic esters (lactones) is 1. The minimum atomic E-state index is -1.22. The lowest BCUT2D eigenvalue weighted by atomic mass is 9.89. The SMILES string of the molecule is CC1(C(=O)Nc2ccc(NC3CCCCC3)cc2)Cc2ccccc2C(=O)O1. The topological polar surface area (TPSA) is 67.4 Å². The van der Waals surface area contributed by atoms with Gasteiger partial charge in [0.1, 0.15) is 0 Å². The fourth-order valence-corrected chi connectivity index (χ4v) is 4.06. The average molecular weight is 378 g/mol. The van der Waals surface area contributed by atoms with E-state index in [0.717, 1.165) is 11.3 Å². The normalized spacial score (nSPS) is 22.1. The number of carbonyl (C=O) groups is 2. The van der Waals surface area contributed by atoms with Crippen LogP contribution in [-0.2, 0) is 16.0 Å². The number of anilines is 2. The first-order valence-corrected chi connectivity index (χ1v) is 10.0. The van der Waals surface area contributed by atoms with Crippen molar-refractivity contribution < 1.29 is 14.3 Å². The number of ether oxygens (including phenoxy) is 1. The van der Waals surface area contributed by atoms with Crippen LogP contribution in [0.5, 0.6) is 0 Å². The van der Waals surface area contributed by atoms with Crippen LogP contribution in [0.4, 0.5) is 11.4 Å². The number of carbonyl (C=O) groups excluding carboxylic acids is 2. The van der Waals surface area contributed by atoms with E-state index in [1.54, 1.807) is 19.1 Å². The Hall–Kier alpha value is -2.82. The maximum atomic E-state index is 12.8. The zero-order valence-electron chi connectivity index (χ0n) is 16.2. The first-order valence-electron chi connectivity index (χ1n) is 10.0. The van der Waals surface area contributed by atoms with Gasteiger partial charge in [0.15, 0.2) is 5.60 Å². The quantitative estimate of drug-likeness (QED) is 0.767. The minimum absolute atomic E-state index is 0.316. The molecular weight excluding hydrogens is 352 g/mol. The van der Waals surface area contributed by atoms with Gasteiger partial charge in [0.05, 0.1) is 5.56 Å². The van der Waals surface area contributed by atoms with Crippen LogP contribution in [0.25, 0.3) is 0 Å². The number of hydrogen-bond acceptors (Lipinski definition) is 4. The number of benzene rings is 2. The number of fused-ring (bicyclic) bond motifs is 1. The van der Waals surface area contributed by atoms with Gasteiger partial charge in [0.2, 0.25) is 0 Å². The highest BCUT2D eigenvalue weighted by Crippen LogP contribution is 2.29. The Balaban J connectivity index is 1.41.